The Labute approximate surface area is 127 Å². The average Bonchev–Trinajstić information content (AvgIpc) is 2.56. The highest BCUT2D eigenvalue weighted by Gasteiger charge is 2.29. The number of ketones is 1. The molecule has 1 atom stereocenters. The van der Waals surface area contributed by atoms with Gasteiger partial charge in [0, 0.05) is 18.2 Å². The molecule has 0 radical (unpaired) electrons. The number of amides is 1. The summed E-state index contributed by atoms with van der Waals surface area (Å²) in [5.74, 6) is -0.657. The van der Waals surface area contributed by atoms with Crippen LogP contribution in [0.4, 0.5) is 4.39 Å². The molecule has 1 aliphatic rings. The highest BCUT2D eigenvalue weighted by molar-refractivity contribution is 5.98. The molecule has 0 saturated heterocycles. The second-order valence-electron chi connectivity index (χ2n) is 5.13. The smallest absolute Gasteiger partial charge is 0.258 e. The summed E-state index contributed by atoms with van der Waals surface area (Å²) in [4.78, 5) is 25.9. The van der Waals surface area contributed by atoms with Crippen molar-refractivity contribution in [3.63, 3.8) is 0 Å². The van der Waals surface area contributed by atoms with Crippen molar-refractivity contribution in [3.05, 3.63) is 83.8 Å². The van der Waals surface area contributed by atoms with Gasteiger partial charge < -0.3 is 4.90 Å². The Balaban J connectivity index is 1.95. The second-order valence-corrected chi connectivity index (χ2v) is 5.13. The third-order valence-electron chi connectivity index (χ3n) is 3.66. The van der Waals surface area contributed by atoms with E-state index in [1.54, 1.807) is 0 Å². The number of allylic oxidation sites excluding steroid dienone is 1. The van der Waals surface area contributed by atoms with Crippen LogP contribution in [-0.4, -0.2) is 16.6 Å². The lowest BCUT2D eigenvalue weighted by Crippen LogP contribution is -2.34. The normalized spacial score (nSPS) is 17.6. The molecular formula is C18H14FNO2. The van der Waals surface area contributed by atoms with Crippen LogP contribution in [-0.2, 0) is 4.79 Å². The summed E-state index contributed by atoms with van der Waals surface area (Å²) in [6.07, 6.45) is 3.16. The minimum absolute atomic E-state index is 0.0167. The molecule has 3 nitrogen and oxygen atoms in total. The molecule has 4 heteroatoms. The van der Waals surface area contributed by atoms with E-state index in [-0.39, 0.29) is 30.0 Å². The Morgan fingerprint density at radius 1 is 1.05 bits per heavy atom. The summed E-state index contributed by atoms with van der Waals surface area (Å²) in [6, 6.07) is 14.5. The first-order chi connectivity index (χ1) is 10.6. The topological polar surface area (TPSA) is 37.4 Å². The van der Waals surface area contributed by atoms with E-state index in [1.165, 1.54) is 41.4 Å². The quantitative estimate of drug-likeness (QED) is 0.850. The van der Waals surface area contributed by atoms with Gasteiger partial charge in [0.1, 0.15) is 5.82 Å². The van der Waals surface area contributed by atoms with Gasteiger partial charge in [-0.15, -0.1) is 0 Å². The van der Waals surface area contributed by atoms with Crippen LogP contribution in [0.25, 0.3) is 0 Å². The van der Waals surface area contributed by atoms with E-state index >= 15 is 0 Å². The molecule has 0 N–H and O–H groups in total. The summed E-state index contributed by atoms with van der Waals surface area (Å²) >= 11 is 0. The van der Waals surface area contributed by atoms with E-state index in [0.717, 1.165) is 5.56 Å². The number of hydrogen-bond donors (Lipinski definition) is 0. The van der Waals surface area contributed by atoms with Gasteiger partial charge in [0.2, 0.25) is 0 Å². The van der Waals surface area contributed by atoms with Crippen LogP contribution in [0, 0.1) is 5.82 Å². The van der Waals surface area contributed by atoms with Crippen LogP contribution < -0.4 is 0 Å². The number of nitrogens with zero attached hydrogens (tertiary/aromatic N) is 1. The predicted molar refractivity (Wildman–Crippen MR) is 80.5 cm³/mol. The number of halogens is 1. The van der Waals surface area contributed by atoms with E-state index in [9.17, 15) is 14.0 Å². The molecule has 0 bridgehead atoms. The van der Waals surface area contributed by atoms with Crippen LogP contribution in [0.1, 0.15) is 28.4 Å². The third kappa shape index (κ3) is 2.81. The Bertz CT molecular complexity index is 723. The highest BCUT2D eigenvalue weighted by atomic mass is 19.1. The van der Waals surface area contributed by atoms with Gasteiger partial charge in [-0.2, -0.15) is 0 Å². The lowest BCUT2D eigenvalue weighted by Gasteiger charge is -2.31. The largest absolute Gasteiger partial charge is 0.307 e. The Morgan fingerprint density at radius 3 is 2.41 bits per heavy atom. The molecule has 1 aliphatic heterocycles. The fraction of sp³-hybridized carbons (Fsp3) is 0.111. The van der Waals surface area contributed by atoms with E-state index < -0.39 is 0 Å². The van der Waals surface area contributed by atoms with E-state index in [4.69, 9.17) is 0 Å². The zero-order valence-corrected chi connectivity index (χ0v) is 11.8. The first kappa shape index (κ1) is 14.2. The minimum Gasteiger partial charge on any atom is -0.307 e. The number of hydrogen-bond acceptors (Lipinski definition) is 2. The molecule has 1 amide bonds. The molecule has 0 spiro atoms. The molecule has 0 fully saturated rings. The zero-order valence-electron chi connectivity index (χ0n) is 11.8. The third-order valence-corrected chi connectivity index (χ3v) is 3.66. The second kappa shape index (κ2) is 5.93. The molecule has 1 unspecified atom stereocenters. The van der Waals surface area contributed by atoms with Gasteiger partial charge in [-0.3, -0.25) is 9.59 Å². The van der Waals surface area contributed by atoms with E-state index in [0.29, 0.717) is 5.56 Å². The number of rotatable bonds is 2. The highest BCUT2D eigenvalue weighted by Crippen LogP contribution is 2.29. The summed E-state index contributed by atoms with van der Waals surface area (Å²) < 4.78 is 13.0. The average molecular weight is 295 g/mol. The summed E-state index contributed by atoms with van der Waals surface area (Å²) in [5, 5.41) is 0. The van der Waals surface area contributed by atoms with Crippen molar-refractivity contribution < 1.29 is 14.0 Å². The SMILES string of the molecule is O=C1C=CN(C(=O)c2ccc(F)cc2)C(c2ccccc2)C1. The van der Waals surface area contributed by atoms with Gasteiger partial charge in [-0.1, -0.05) is 30.3 Å². The molecule has 0 aromatic heterocycles. The fourth-order valence-electron chi connectivity index (χ4n) is 2.53. The molecule has 0 saturated carbocycles. The summed E-state index contributed by atoms with van der Waals surface area (Å²) in [5.41, 5.74) is 1.29. The van der Waals surface area contributed by atoms with E-state index in [2.05, 4.69) is 0 Å². The van der Waals surface area contributed by atoms with Crippen LogP contribution >= 0.6 is 0 Å². The fourth-order valence-corrected chi connectivity index (χ4v) is 2.53. The summed E-state index contributed by atoms with van der Waals surface area (Å²) in [6.45, 7) is 0. The lowest BCUT2D eigenvalue weighted by atomic mass is 9.96. The number of carbonyl (C=O) groups excluding carboxylic acids is 2. The maximum absolute atomic E-state index is 13.0. The Kier molecular flexibility index (Phi) is 3.83. The minimum atomic E-state index is -0.388. The molecular weight excluding hydrogens is 281 g/mol. The van der Waals surface area contributed by atoms with Gasteiger partial charge in [-0.25, -0.2) is 4.39 Å². The molecule has 2 aromatic carbocycles. The van der Waals surface area contributed by atoms with Crippen molar-refractivity contribution in [2.45, 2.75) is 12.5 Å². The maximum Gasteiger partial charge on any atom is 0.258 e. The number of benzene rings is 2. The zero-order chi connectivity index (χ0) is 15.5. The van der Waals surface area contributed by atoms with Gasteiger partial charge in [-0.05, 0) is 35.9 Å². The first-order valence-electron chi connectivity index (χ1n) is 6.99. The summed E-state index contributed by atoms with van der Waals surface area (Å²) in [7, 11) is 0. The maximum atomic E-state index is 13.0. The molecule has 2 aromatic rings. The van der Waals surface area contributed by atoms with Gasteiger partial charge >= 0.3 is 0 Å². The Morgan fingerprint density at radius 2 is 1.73 bits per heavy atom. The Hall–Kier alpha value is -2.75. The van der Waals surface area contributed by atoms with Crippen LogP contribution in [0.2, 0.25) is 0 Å². The standard InChI is InChI=1S/C18H14FNO2/c19-15-8-6-14(7-9-15)18(22)20-11-10-16(21)12-17(20)13-4-2-1-3-5-13/h1-11,17H,12H2. The van der Waals surface area contributed by atoms with Crippen molar-refractivity contribution in [2.75, 3.05) is 0 Å². The molecule has 1 heterocycles. The van der Waals surface area contributed by atoms with Crippen molar-refractivity contribution in [2.24, 2.45) is 0 Å². The predicted octanol–water partition coefficient (Wildman–Crippen LogP) is 3.50. The van der Waals surface area contributed by atoms with Crippen LogP contribution in [0.15, 0.2) is 66.9 Å². The van der Waals surface area contributed by atoms with Gasteiger partial charge in [0.25, 0.3) is 5.91 Å². The van der Waals surface area contributed by atoms with Crippen molar-refractivity contribution in [1.29, 1.82) is 0 Å². The van der Waals surface area contributed by atoms with Crippen molar-refractivity contribution in [3.8, 4) is 0 Å². The molecule has 110 valence electrons. The van der Waals surface area contributed by atoms with Crippen molar-refractivity contribution >= 4 is 11.7 Å². The molecule has 3 rings (SSSR count). The van der Waals surface area contributed by atoms with Crippen LogP contribution in [0.3, 0.4) is 0 Å². The van der Waals surface area contributed by atoms with E-state index in [1.807, 2.05) is 30.3 Å². The van der Waals surface area contributed by atoms with Crippen LogP contribution in [0.5, 0.6) is 0 Å². The lowest BCUT2D eigenvalue weighted by molar-refractivity contribution is -0.116. The van der Waals surface area contributed by atoms with Crippen molar-refractivity contribution in [1.82, 2.24) is 4.90 Å². The van der Waals surface area contributed by atoms with Gasteiger partial charge in [0.05, 0.1) is 6.04 Å². The van der Waals surface area contributed by atoms with Gasteiger partial charge in [0.15, 0.2) is 5.78 Å². The molecule has 22 heavy (non-hydrogen) atoms. The monoisotopic (exact) mass is 295 g/mol. The number of carbonyl (C=O) groups is 2. The molecule has 0 aliphatic carbocycles. The first-order valence-corrected chi connectivity index (χ1v) is 6.99.